The molecule has 0 amide bonds. The summed E-state index contributed by atoms with van der Waals surface area (Å²) in [6.45, 7) is 1.03. The zero-order valence-corrected chi connectivity index (χ0v) is 14.9. The fourth-order valence-corrected chi connectivity index (χ4v) is 3.20. The number of aliphatic hydroxyl groups is 6. The Balaban J connectivity index is 1.66. The minimum atomic E-state index is -1.70. The SMILES string of the molecule is C[C@@H]1O[C@@H](OC[C@H]2O[C@@H](C(=O)c3ccco3)[C@H](O)[C@@H](O)[C@@H]2O)[C@H](O)[C@H](O)[C@H]1O. The summed E-state index contributed by atoms with van der Waals surface area (Å²) in [6, 6.07) is 2.83. The largest absolute Gasteiger partial charge is 0.461 e. The molecule has 1 aromatic rings. The molecule has 11 heteroatoms. The second-order valence-corrected chi connectivity index (χ2v) is 6.92. The third kappa shape index (κ3) is 3.99. The Hall–Kier alpha value is -1.41. The maximum Gasteiger partial charge on any atom is 0.229 e. The zero-order chi connectivity index (χ0) is 20.6. The van der Waals surface area contributed by atoms with E-state index in [2.05, 4.69) is 0 Å². The van der Waals surface area contributed by atoms with Gasteiger partial charge in [-0.15, -0.1) is 0 Å². The first-order valence-electron chi connectivity index (χ1n) is 8.81. The van der Waals surface area contributed by atoms with Gasteiger partial charge < -0.3 is 49.3 Å². The van der Waals surface area contributed by atoms with Gasteiger partial charge in [0.2, 0.25) is 5.78 Å². The van der Waals surface area contributed by atoms with Crippen molar-refractivity contribution in [2.24, 2.45) is 0 Å². The molecule has 2 saturated heterocycles. The van der Waals surface area contributed by atoms with Crippen molar-refractivity contribution in [3.8, 4) is 0 Å². The van der Waals surface area contributed by atoms with Gasteiger partial charge in [0, 0.05) is 0 Å². The lowest BCUT2D eigenvalue weighted by Gasteiger charge is -2.42. The Morgan fingerprint density at radius 2 is 1.64 bits per heavy atom. The van der Waals surface area contributed by atoms with E-state index in [9.17, 15) is 35.4 Å². The van der Waals surface area contributed by atoms with Crippen LogP contribution < -0.4 is 0 Å². The number of Topliss-reactive ketones (excluding diaryl/α,β-unsaturated/α-hetero) is 1. The molecule has 28 heavy (non-hydrogen) atoms. The van der Waals surface area contributed by atoms with E-state index in [1.54, 1.807) is 0 Å². The Morgan fingerprint density at radius 1 is 0.964 bits per heavy atom. The predicted molar refractivity (Wildman–Crippen MR) is 88.0 cm³/mol. The van der Waals surface area contributed by atoms with Gasteiger partial charge in [-0.05, 0) is 19.1 Å². The van der Waals surface area contributed by atoms with E-state index in [0.717, 1.165) is 0 Å². The molecule has 11 nitrogen and oxygen atoms in total. The second kappa shape index (κ2) is 8.53. The molecule has 0 spiro atoms. The maximum atomic E-state index is 12.4. The number of furan rings is 1. The van der Waals surface area contributed by atoms with E-state index in [-0.39, 0.29) is 5.76 Å². The highest BCUT2D eigenvalue weighted by Crippen LogP contribution is 2.26. The number of hydrogen-bond acceptors (Lipinski definition) is 11. The summed E-state index contributed by atoms with van der Waals surface area (Å²) in [5.74, 6) is -0.821. The lowest BCUT2D eigenvalue weighted by Crippen LogP contribution is -2.62. The molecule has 2 fully saturated rings. The number of ether oxygens (including phenoxy) is 3. The van der Waals surface area contributed by atoms with Crippen molar-refractivity contribution in [3.63, 3.8) is 0 Å². The Kier molecular flexibility index (Phi) is 6.49. The zero-order valence-electron chi connectivity index (χ0n) is 14.9. The topological polar surface area (TPSA) is 179 Å². The first-order valence-corrected chi connectivity index (χ1v) is 8.81. The van der Waals surface area contributed by atoms with Gasteiger partial charge in [-0.1, -0.05) is 0 Å². The van der Waals surface area contributed by atoms with E-state index < -0.39 is 73.6 Å². The lowest BCUT2D eigenvalue weighted by molar-refractivity contribution is -0.306. The summed E-state index contributed by atoms with van der Waals surface area (Å²) in [6.07, 6.45) is -13.0. The summed E-state index contributed by atoms with van der Waals surface area (Å²) in [5.41, 5.74) is 0. The lowest BCUT2D eigenvalue weighted by atomic mass is 9.92. The molecule has 3 rings (SSSR count). The van der Waals surface area contributed by atoms with Gasteiger partial charge >= 0.3 is 0 Å². The van der Waals surface area contributed by atoms with Crippen LogP contribution in [0.15, 0.2) is 22.8 Å². The highest BCUT2D eigenvalue weighted by atomic mass is 16.7. The van der Waals surface area contributed by atoms with Crippen LogP contribution in [0.3, 0.4) is 0 Å². The molecule has 6 N–H and O–H groups in total. The molecule has 0 unspecified atom stereocenters. The number of hydrogen-bond donors (Lipinski definition) is 6. The molecule has 3 heterocycles. The van der Waals surface area contributed by atoms with Crippen LogP contribution in [0.5, 0.6) is 0 Å². The van der Waals surface area contributed by atoms with Crippen molar-refractivity contribution >= 4 is 5.78 Å². The van der Waals surface area contributed by atoms with Crippen molar-refractivity contribution < 1.29 is 54.1 Å². The quantitative estimate of drug-likeness (QED) is 0.278. The summed E-state index contributed by atoms with van der Waals surface area (Å²) < 4.78 is 21.0. The Bertz CT molecular complexity index is 650. The number of rotatable bonds is 5. The summed E-state index contributed by atoms with van der Waals surface area (Å²) in [4.78, 5) is 12.4. The molecule has 0 saturated carbocycles. The number of carbonyl (C=O) groups excluding carboxylic acids is 1. The molecule has 0 aromatic carbocycles. The van der Waals surface area contributed by atoms with Gasteiger partial charge in [-0.2, -0.15) is 0 Å². The maximum absolute atomic E-state index is 12.4. The highest BCUT2D eigenvalue weighted by Gasteiger charge is 2.48. The van der Waals surface area contributed by atoms with Crippen LogP contribution in [-0.2, 0) is 14.2 Å². The van der Waals surface area contributed by atoms with Crippen molar-refractivity contribution in [1.29, 1.82) is 0 Å². The van der Waals surface area contributed by atoms with Gasteiger partial charge in [0.05, 0.1) is 19.0 Å². The van der Waals surface area contributed by atoms with Crippen LogP contribution in [0.25, 0.3) is 0 Å². The molecule has 0 radical (unpaired) electrons. The van der Waals surface area contributed by atoms with Crippen LogP contribution >= 0.6 is 0 Å². The van der Waals surface area contributed by atoms with E-state index in [0.29, 0.717) is 0 Å². The van der Waals surface area contributed by atoms with Gasteiger partial charge in [-0.3, -0.25) is 4.79 Å². The van der Waals surface area contributed by atoms with Gasteiger partial charge in [-0.25, -0.2) is 0 Å². The van der Waals surface area contributed by atoms with Crippen molar-refractivity contribution in [1.82, 2.24) is 0 Å². The van der Waals surface area contributed by atoms with Gasteiger partial charge in [0.25, 0.3) is 0 Å². The smallest absolute Gasteiger partial charge is 0.229 e. The average Bonchev–Trinajstić information content (AvgIpc) is 3.22. The van der Waals surface area contributed by atoms with E-state index >= 15 is 0 Å². The van der Waals surface area contributed by atoms with E-state index in [4.69, 9.17) is 18.6 Å². The van der Waals surface area contributed by atoms with E-state index in [1.165, 1.54) is 25.3 Å². The Morgan fingerprint density at radius 3 is 2.29 bits per heavy atom. The highest BCUT2D eigenvalue weighted by molar-refractivity contribution is 5.97. The molecule has 2 aliphatic rings. The third-order valence-electron chi connectivity index (χ3n) is 4.97. The molecule has 0 bridgehead atoms. The molecule has 10 atom stereocenters. The van der Waals surface area contributed by atoms with Crippen molar-refractivity contribution in [2.75, 3.05) is 6.61 Å². The first kappa shape index (κ1) is 21.3. The fraction of sp³-hybridized carbons (Fsp3) is 0.706. The summed E-state index contributed by atoms with van der Waals surface area (Å²) >= 11 is 0. The van der Waals surface area contributed by atoms with Gasteiger partial charge in [0.15, 0.2) is 18.2 Å². The van der Waals surface area contributed by atoms with Crippen LogP contribution in [0, 0.1) is 0 Å². The van der Waals surface area contributed by atoms with Crippen LogP contribution in [0.4, 0.5) is 0 Å². The summed E-state index contributed by atoms with van der Waals surface area (Å²) in [7, 11) is 0. The van der Waals surface area contributed by atoms with Crippen molar-refractivity contribution in [2.45, 2.75) is 68.1 Å². The van der Waals surface area contributed by atoms with Crippen molar-refractivity contribution in [3.05, 3.63) is 24.2 Å². The fourth-order valence-electron chi connectivity index (χ4n) is 3.20. The number of carbonyl (C=O) groups is 1. The number of ketones is 1. The van der Waals surface area contributed by atoms with Gasteiger partial charge in [0.1, 0.15) is 42.7 Å². The molecular weight excluding hydrogens is 380 g/mol. The first-order chi connectivity index (χ1) is 13.2. The molecule has 0 aliphatic carbocycles. The van der Waals surface area contributed by atoms with Crippen LogP contribution in [0.1, 0.15) is 17.5 Å². The standard InChI is InChI=1S/C17H24O11/c1-6-9(18)12(21)15(24)17(27-6)26-5-8-10(19)13(22)14(23)16(28-8)11(20)7-3-2-4-25-7/h2-4,6,8-10,12-19,21-24H,5H2,1H3/t6-,8+,9-,10+,12+,13-,14+,15+,16-,17+/m0/s1. The average molecular weight is 404 g/mol. The van der Waals surface area contributed by atoms with Crippen LogP contribution in [-0.4, -0.2) is 104 Å². The summed E-state index contributed by atoms with van der Waals surface area (Å²) in [5, 5.41) is 59.7. The molecule has 2 aliphatic heterocycles. The minimum Gasteiger partial charge on any atom is -0.461 e. The second-order valence-electron chi connectivity index (χ2n) is 6.92. The molecular formula is C17H24O11. The Labute approximate surface area is 159 Å². The predicted octanol–water partition coefficient (Wildman–Crippen LogP) is -2.84. The van der Waals surface area contributed by atoms with Crippen LogP contribution in [0.2, 0.25) is 0 Å². The molecule has 1 aromatic heterocycles. The minimum absolute atomic E-state index is 0.0933. The van der Waals surface area contributed by atoms with E-state index in [1.807, 2.05) is 0 Å². The number of aliphatic hydroxyl groups excluding tert-OH is 6. The third-order valence-corrected chi connectivity index (χ3v) is 4.97. The monoisotopic (exact) mass is 404 g/mol. The normalized spacial score (nSPS) is 44.4. The molecule has 158 valence electrons.